The Labute approximate surface area is 156 Å². The van der Waals surface area contributed by atoms with E-state index in [1.807, 2.05) is 36.4 Å². The third kappa shape index (κ3) is 3.51. The number of anilines is 2. The largest absolute Gasteiger partial charge is 0.497 e. The maximum Gasteiger partial charge on any atom is 0.228 e. The van der Waals surface area contributed by atoms with Crippen LogP contribution in [-0.4, -0.2) is 25.5 Å². The molecule has 0 radical (unpaired) electrons. The summed E-state index contributed by atoms with van der Waals surface area (Å²) in [7, 11) is 1.60. The average Bonchev–Trinajstić information content (AvgIpc) is 3.28. The second-order valence-corrected chi connectivity index (χ2v) is 6.54. The average molecular weight is 364 g/mol. The zero-order valence-electron chi connectivity index (χ0n) is 15.0. The van der Waals surface area contributed by atoms with Gasteiger partial charge in [-0.3, -0.25) is 9.59 Å². The lowest BCUT2D eigenvalue weighted by atomic mass is 10.1. The Morgan fingerprint density at radius 1 is 1.22 bits per heavy atom. The van der Waals surface area contributed by atoms with Gasteiger partial charge in [0.05, 0.1) is 19.8 Å². The lowest BCUT2D eigenvalue weighted by Gasteiger charge is -2.16. The van der Waals surface area contributed by atoms with Gasteiger partial charge in [-0.05, 0) is 42.8 Å². The SMILES string of the molecule is COc1ccc2c(CC(=O)Nc3ccc(N4CCCC4=O)cc3)coc2c1. The van der Waals surface area contributed by atoms with Crippen molar-refractivity contribution in [3.63, 3.8) is 0 Å². The van der Waals surface area contributed by atoms with Gasteiger partial charge in [0.2, 0.25) is 11.8 Å². The van der Waals surface area contributed by atoms with Crippen molar-refractivity contribution in [3.05, 3.63) is 54.3 Å². The van der Waals surface area contributed by atoms with E-state index in [9.17, 15) is 9.59 Å². The third-order valence-electron chi connectivity index (χ3n) is 4.75. The topological polar surface area (TPSA) is 71.8 Å². The molecule has 3 aromatic rings. The standard InChI is InChI=1S/C21H20N2O4/c1-26-17-8-9-18-14(13-27-19(18)12-17)11-20(24)22-15-4-6-16(7-5-15)23-10-2-3-21(23)25/h4-9,12-13H,2-3,10-11H2,1H3,(H,22,24). The first-order chi connectivity index (χ1) is 13.1. The number of nitrogens with zero attached hydrogens (tertiary/aromatic N) is 1. The van der Waals surface area contributed by atoms with Gasteiger partial charge in [-0.1, -0.05) is 0 Å². The van der Waals surface area contributed by atoms with Gasteiger partial charge in [-0.25, -0.2) is 0 Å². The van der Waals surface area contributed by atoms with Crippen LogP contribution < -0.4 is 15.0 Å². The van der Waals surface area contributed by atoms with Crippen LogP contribution in [0.4, 0.5) is 11.4 Å². The van der Waals surface area contributed by atoms with E-state index in [-0.39, 0.29) is 18.2 Å². The number of furan rings is 1. The molecule has 0 spiro atoms. The molecule has 2 heterocycles. The number of carbonyl (C=O) groups is 2. The van der Waals surface area contributed by atoms with E-state index in [4.69, 9.17) is 9.15 Å². The quantitative estimate of drug-likeness (QED) is 0.748. The Morgan fingerprint density at radius 3 is 2.74 bits per heavy atom. The van der Waals surface area contributed by atoms with Gasteiger partial charge in [-0.2, -0.15) is 0 Å². The summed E-state index contributed by atoms with van der Waals surface area (Å²) in [6.07, 6.45) is 3.31. The van der Waals surface area contributed by atoms with E-state index in [0.717, 1.165) is 29.6 Å². The summed E-state index contributed by atoms with van der Waals surface area (Å²) in [5.41, 5.74) is 3.08. The molecular weight excluding hydrogens is 344 g/mol. The molecule has 6 heteroatoms. The van der Waals surface area contributed by atoms with Crippen molar-refractivity contribution in [2.24, 2.45) is 0 Å². The first-order valence-electron chi connectivity index (χ1n) is 8.88. The summed E-state index contributed by atoms with van der Waals surface area (Å²) in [6.45, 7) is 0.753. The number of carbonyl (C=O) groups excluding carboxylic acids is 2. The molecule has 2 amide bonds. The van der Waals surface area contributed by atoms with Crippen molar-refractivity contribution in [2.75, 3.05) is 23.9 Å². The van der Waals surface area contributed by atoms with Crippen LogP contribution in [0.15, 0.2) is 53.1 Å². The second kappa shape index (κ2) is 7.15. The Hall–Kier alpha value is -3.28. The summed E-state index contributed by atoms with van der Waals surface area (Å²) in [5.74, 6) is 0.734. The highest BCUT2D eigenvalue weighted by molar-refractivity contribution is 5.97. The van der Waals surface area contributed by atoms with Gasteiger partial charge in [-0.15, -0.1) is 0 Å². The zero-order valence-corrected chi connectivity index (χ0v) is 15.0. The van der Waals surface area contributed by atoms with Crippen molar-refractivity contribution in [1.29, 1.82) is 0 Å². The molecule has 0 bridgehead atoms. The molecule has 27 heavy (non-hydrogen) atoms. The summed E-state index contributed by atoms with van der Waals surface area (Å²) in [6, 6.07) is 12.9. The molecule has 1 fully saturated rings. The minimum absolute atomic E-state index is 0.126. The Morgan fingerprint density at radius 2 is 2.04 bits per heavy atom. The number of hydrogen-bond donors (Lipinski definition) is 1. The van der Waals surface area contributed by atoms with Gasteiger partial charge in [0.15, 0.2) is 0 Å². The number of methoxy groups -OCH3 is 1. The lowest BCUT2D eigenvalue weighted by Crippen LogP contribution is -2.23. The maximum absolute atomic E-state index is 12.4. The van der Waals surface area contributed by atoms with Crippen molar-refractivity contribution in [2.45, 2.75) is 19.3 Å². The number of hydrogen-bond acceptors (Lipinski definition) is 4. The third-order valence-corrected chi connectivity index (χ3v) is 4.75. The van der Waals surface area contributed by atoms with Crippen LogP contribution in [0.1, 0.15) is 18.4 Å². The van der Waals surface area contributed by atoms with Gasteiger partial charge in [0, 0.05) is 41.4 Å². The monoisotopic (exact) mass is 364 g/mol. The molecule has 2 aromatic carbocycles. The summed E-state index contributed by atoms with van der Waals surface area (Å²) >= 11 is 0. The van der Waals surface area contributed by atoms with E-state index < -0.39 is 0 Å². The lowest BCUT2D eigenvalue weighted by molar-refractivity contribution is -0.117. The second-order valence-electron chi connectivity index (χ2n) is 6.54. The van der Waals surface area contributed by atoms with E-state index in [2.05, 4.69) is 5.32 Å². The first-order valence-corrected chi connectivity index (χ1v) is 8.88. The van der Waals surface area contributed by atoms with Gasteiger partial charge < -0.3 is 19.4 Å². The molecule has 6 nitrogen and oxygen atoms in total. The van der Waals surface area contributed by atoms with Crippen molar-refractivity contribution < 1.29 is 18.7 Å². The van der Waals surface area contributed by atoms with Crippen LogP contribution in [0.3, 0.4) is 0 Å². The molecule has 4 rings (SSSR count). The highest BCUT2D eigenvalue weighted by atomic mass is 16.5. The predicted molar refractivity (Wildman–Crippen MR) is 103 cm³/mol. The molecule has 0 atom stereocenters. The minimum Gasteiger partial charge on any atom is -0.497 e. The van der Waals surface area contributed by atoms with Crippen LogP contribution in [0, 0.1) is 0 Å². The molecule has 0 saturated carbocycles. The smallest absolute Gasteiger partial charge is 0.228 e. The Bertz CT molecular complexity index is 991. The molecule has 138 valence electrons. The minimum atomic E-state index is -0.126. The molecule has 1 aliphatic rings. The number of fused-ring (bicyclic) bond motifs is 1. The van der Waals surface area contributed by atoms with Gasteiger partial charge in [0.25, 0.3) is 0 Å². The molecule has 1 saturated heterocycles. The van der Waals surface area contributed by atoms with Crippen LogP contribution in [0.25, 0.3) is 11.0 Å². The molecule has 1 aromatic heterocycles. The maximum atomic E-state index is 12.4. The highest BCUT2D eigenvalue weighted by Crippen LogP contribution is 2.26. The fourth-order valence-electron chi connectivity index (χ4n) is 3.35. The summed E-state index contributed by atoms with van der Waals surface area (Å²) in [4.78, 5) is 26.0. The fraction of sp³-hybridized carbons (Fsp3) is 0.238. The van der Waals surface area contributed by atoms with Gasteiger partial charge in [0.1, 0.15) is 11.3 Å². The van der Waals surface area contributed by atoms with Crippen molar-refractivity contribution in [1.82, 2.24) is 0 Å². The van der Waals surface area contributed by atoms with E-state index >= 15 is 0 Å². The number of benzene rings is 2. The van der Waals surface area contributed by atoms with Crippen LogP contribution >= 0.6 is 0 Å². The van der Waals surface area contributed by atoms with E-state index in [1.165, 1.54) is 0 Å². The molecule has 0 aliphatic carbocycles. The zero-order chi connectivity index (χ0) is 18.8. The summed E-state index contributed by atoms with van der Waals surface area (Å²) < 4.78 is 10.7. The molecule has 1 aliphatic heterocycles. The number of rotatable bonds is 5. The predicted octanol–water partition coefficient (Wildman–Crippen LogP) is 3.75. The number of nitrogens with one attached hydrogen (secondary N) is 1. The normalized spacial score (nSPS) is 14.0. The fourth-order valence-corrected chi connectivity index (χ4v) is 3.35. The molecular formula is C21H20N2O4. The number of ether oxygens (including phenoxy) is 1. The van der Waals surface area contributed by atoms with Crippen molar-refractivity contribution >= 4 is 34.2 Å². The molecule has 0 unspecified atom stereocenters. The number of amides is 2. The van der Waals surface area contributed by atoms with Crippen LogP contribution in [-0.2, 0) is 16.0 Å². The first kappa shape index (κ1) is 17.1. The van der Waals surface area contributed by atoms with E-state index in [1.54, 1.807) is 24.3 Å². The van der Waals surface area contributed by atoms with E-state index in [0.29, 0.717) is 23.4 Å². The molecule has 1 N–H and O–H groups in total. The highest BCUT2D eigenvalue weighted by Gasteiger charge is 2.21. The Balaban J connectivity index is 1.43. The van der Waals surface area contributed by atoms with Crippen LogP contribution in [0.2, 0.25) is 0 Å². The Kier molecular flexibility index (Phi) is 4.54. The summed E-state index contributed by atoms with van der Waals surface area (Å²) in [5, 5.41) is 3.78. The van der Waals surface area contributed by atoms with Crippen LogP contribution in [0.5, 0.6) is 5.75 Å². The van der Waals surface area contributed by atoms with Gasteiger partial charge >= 0.3 is 0 Å². The van der Waals surface area contributed by atoms with Crippen molar-refractivity contribution in [3.8, 4) is 5.75 Å².